The molecule has 2 rings (SSSR count). The largest absolute Gasteiger partial charge is 0.383 e. The van der Waals surface area contributed by atoms with E-state index in [0.717, 1.165) is 11.3 Å². The number of aromatic nitrogens is 3. The van der Waals surface area contributed by atoms with Crippen LogP contribution in [0.5, 0.6) is 0 Å². The third-order valence-corrected chi connectivity index (χ3v) is 2.28. The number of hydrogen-bond donors (Lipinski definition) is 1. The van der Waals surface area contributed by atoms with Gasteiger partial charge in [0, 0.05) is 19.0 Å². The summed E-state index contributed by atoms with van der Waals surface area (Å²) in [6.45, 7) is 2.27. The quantitative estimate of drug-likeness (QED) is 0.851. The van der Waals surface area contributed by atoms with Crippen molar-refractivity contribution in [3.8, 4) is 11.5 Å². The number of pyridine rings is 1. The van der Waals surface area contributed by atoms with Gasteiger partial charge in [0.25, 0.3) is 5.89 Å². The summed E-state index contributed by atoms with van der Waals surface area (Å²) in [5.74, 6) is 0.849. The summed E-state index contributed by atoms with van der Waals surface area (Å²) < 4.78 is 10.1. The number of rotatable bonds is 4. The van der Waals surface area contributed by atoms with Crippen molar-refractivity contribution >= 4 is 0 Å². The maximum Gasteiger partial charge on any atom is 0.259 e. The minimum atomic E-state index is -0.379. The van der Waals surface area contributed by atoms with Gasteiger partial charge in [-0.2, -0.15) is 4.98 Å². The molecular weight excluding hydrogens is 220 g/mol. The van der Waals surface area contributed by atoms with Crippen LogP contribution in [0.25, 0.3) is 11.5 Å². The summed E-state index contributed by atoms with van der Waals surface area (Å²) in [5.41, 5.74) is 7.51. The van der Waals surface area contributed by atoms with Crippen LogP contribution in [0, 0.1) is 6.92 Å². The number of ether oxygens (including phenoxy) is 1. The third-order valence-electron chi connectivity index (χ3n) is 2.28. The molecule has 0 amide bonds. The van der Waals surface area contributed by atoms with Gasteiger partial charge in [-0.3, -0.25) is 4.98 Å². The number of nitrogens with two attached hydrogens (primary N) is 1. The van der Waals surface area contributed by atoms with Crippen molar-refractivity contribution in [3.05, 3.63) is 29.8 Å². The van der Waals surface area contributed by atoms with Gasteiger partial charge in [0.1, 0.15) is 0 Å². The maximum atomic E-state index is 5.80. The summed E-state index contributed by atoms with van der Waals surface area (Å²) in [7, 11) is 1.57. The topological polar surface area (TPSA) is 87.1 Å². The van der Waals surface area contributed by atoms with Gasteiger partial charge in [0.2, 0.25) is 0 Å². The Kier molecular flexibility index (Phi) is 3.46. The maximum absolute atomic E-state index is 5.80. The molecule has 0 aliphatic rings. The lowest BCUT2D eigenvalue weighted by atomic mass is 10.2. The van der Waals surface area contributed by atoms with Crippen molar-refractivity contribution in [1.29, 1.82) is 0 Å². The van der Waals surface area contributed by atoms with Crippen LogP contribution in [0.4, 0.5) is 0 Å². The van der Waals surface area contributed by atoms with Crippen molar-refractivity contribution in [2.24, 2.45) is 5.73 Å². The van der Waals surface area contributed by atoms with E-state index in [2.05, 4.69) is 15.1 Å². The van der Waals surface area contributed by atoms with Crippen molar-refractivity contribution < 1.29 is 9.26 Å². The second-order valence-electron chi connectivity index (χ2n) is 3.71. The van der Waals surface area contributed by atoms with E-state index in [0.29, 0.717) is 18.3 Å². The number of nitrogens with zero attached hydrogens (tertiary/aromatic N) is 3. The molecule has 0 saturated carbocycles. The summed E-state index contributed by atoms with van der Waals surface area (Å²) in [6.07, 6.45) is 1.69. The first-order valence-electron chi connectivity index (χ1n) is 5.22. The fraction of sp³-hybridized carbons (Fsp3) is 0.364. The molecular formula is C11H14N4O2. The second-order valence-corrected chi connectivity index (χ2v) is 3.71. The molecule has 0 aliphatic carbocycles. The Labute approximate surface area is 98.8 Å². The zero-order valence-corrected chi connectivity index (χ0v) is 9.75. The predicted molar refractivity (Wildman–Crippen MR) is 61.1 cm³/mol. The lowest BCUT2D eigenvalue weighted by Crippen LogP contribution is -2.17. The summed E-state index contributed by atoms with van der Waals surface area (Å²) in [5, 5.41) is 3.81. The van der Waals surface area contributed by atoms with Crippen LogP contribution in [0.2, 0.25) is 0 Å². The van der Waals surface area contributed by atoms with Gasteiger partial charge in [-0.25, -0.2) is 0 Å². The van der Waals surface area contributed by atoms with E-state index >= 15 is 0 Å². The minimum Gasteiger partial charge on any atom is -0.383 e. The van der Waals surface area contributed by atoms with Crippen LogP contribution in [0.15, 0.2) is 22.9 Å². The standard InChI is InChI=1S/C11H14N4O2/c1-7-3-4-8(5-13-7)11-14-10(15-17-11)9(12)6-16-2/h3-5,9H,6,12H2,1-2H3. The van der Waals surface area contributed by atoms with Gasteiger partial charge < -0.3 is 15.0 Å². The highest BCUT2D eigenvalue weighted by atomic mass is 16.5. The fourth-order valence-electron chi connectivity index (χ4n) is 1.35. The van der Waals surface area contributed by atoms with Gasteiger partial charge in [-0.15, -0.1) is 0 Å². The minimum absolute atomic E-state index is 0.352. The summed E-state index contributed by atoms with van der Waals surface area (Å²) >= 11 is 0. The first-order valence-corrected chi connectivity index (χ1v) is 5.22. The molecule has 6 heteroatoms. The zero-order valence-electron chi connectivity index (χ0n) is 9.75. The molecule has 1 atom stereocenters. The molecule has 0 fully saturated rings. The Morgan fingerprint density at radius 1 is 1.47 bits per heavy atom. The first-order chi connectivity index (χ1) is 8.20. The molecule has 17 heavy (non-hydrogen) atoms. The van der Waals surface area contributed by atoms with Gasteiger partial charge in [0.15, 0.2) is 5.82 Å². The van der Waals surface area contributed by atoms with Crippen LogP contribution < -0.4 is 5.73 Å². The van der Waals surface area contributed by atoms with Crippen molar-refractivity contribution in [2.45, 2.75) is 13.0 Å². The Morgan fingerprint density at radius 2 is 2.29 bits per heavy atom. The number of hydrogen-bond acceptors (Lipinski definition) is 6. The highest BCUT2D eigenvalue weighted by Gasteiger charge is 2.15. The van der Waals surface area contributed by atoms with E-state index in [1.807, 2.05) is 19.1 Å². The molecule has 2 heterocycles. The molecule has 0 saturated heterocycles. The average Bonchev–Trinajstić information content (AvgIpc) is 2.80. The molecule has 0 aliphatic heterocycles. The molecule has 2 aromatic heterocycles. The van der Waals surface area contributed by atoms with Crippen molar-refractivity contribution in [1.82, 2.24) is 15.1 Å². The van der Waals surface area contributed by atoms with Crippen LogP contribution >= 0.6 is 0 Å². The monoisotopic (exact) mass is 234 g/mol. The molecule has 2 aromatic rings. The summed E-state index contributed by atoms with van der Waals surface area (Å²) in [4.78, 5) is 8.37. The molecule has 90 valence electrons. The molecule has 6 nitrogen and oxygen atoms in total. The highest BCUT2D eigenvalue weighted by molar-refractivity contribution is 5.50. The third kappa shape index (κ3) is 2.66. The molecule has 2 N–H and O–H groups in total. The van der Waals surface area contributed by atoms with Crippen LogP contribution in [-0.4, -0.2) is 28.8 Å². The Balaban J connectivity index is 2.20. The van der Waals surface area contributed by atoms with E-state index in [4.69, 9.17) is 15.0 Å². The Morgan fingerprint density at radius 3 is 2.94 bits per heavy atom. The van der Waals surface area contributed by atoms with E-state index in [1.54, 1.807) is 13.3 Å². The SMILES string of the molecule is COCC(N)c1noc(-c2ccc(C)nc2)n1. The highest BCUT2D eigenvalue weighted by Crippen LogP contribution is 2.17. The fourth-order valence-corrected chi connectivity index (χ4v) is 1.35. The van der Waals surface area contributed by atoms with Crippen LogP contribution in [0.3, 0.4) is 0 Å². The van der Waals surface area contributed by atoms with Gasteiger partial charge >= 0.3 is 0 Å². The van der Waals surface area contributed by atoms with Crippen molar-refractivity contribution in [2.75, 3.05) is 13.7 Å². The molecule has 0 bridgehead atoms. The normalized spacial score (nSPS) is 12.6. The predicted octanol–water partition coefficient (Wildman–Crippen LogP) is 1.09. The second kappa shape index (κ2) is 5.03. The van der Waals surface area contributed by atoms with E-state index in [1.165, 1.54) is 0 Å². The number of aryl methyl sites for hydroxylation is 1. The lowest BCUT2D eigenvalue weighted by molar-refractivity contribution is 0.177. The van der Waals surface area contributed by atoms with Gasteiger partial charge in [0.05, 0.1) is 18.2 Å². The Hall–Kier alpha value is -1.79. The first kappa shape index (κ1) is 11.7. The molecule has 1 unspecified atom stereocenters. The van der Waals surface area contributed by atoms with Crippen LogP contribution in [0.1, 0.15) is 17.6 Å². The van der Waals surface area contributed by atoms with E-state index in [-0.39, 0.29) is 6.04 Å². The smallest absolute Gasteiger partial charge is 0.259 e. The van der Waals surface area contributed by atoms with E-state index < -0.39 is 0 Å². The molecule has 0 radical (unpaired) electrons. The van der Waals surface area contributed by atoms with Gasteiger partial charge in [-0.1, -0.05) is 5.16 Å². The van der Waals surface area contributed by atoms with E-state index in [9.17, 15) is 0 Å². The van der Waals surface area contributed by atoms with Gasteiger partial charge in [-0.05, 0) is 19.1 Å². The summed E-state index contributed by atoms with van der Waals surface area (Å²) in [6, 6.07) is 3.38. The lowest BCUT2D eigenvalue weighted by Gasteiger charge is -2.03. The van der Waals surface area contributed by atoms with Crippen LogP contribution in [-0.2, 0) is 4.74 Å². The molecule has 0 aromatic carbocycles. The average molecular weight is 234 g/mol. The molecule has 0 spiro atoms. The van der Waals surface area contributed by atoms with Crippen molar-refractivity contribution in [3.63, 3.8) is 0 Å². The number of methoxy groups -OCH3 is 1. The zero-order chi connectivity index (χ0) is 12.3. The Bertz CT molecular complexity index is 480.